The number of aromatic hydroxyl groups is 4. The van der Waals surface area contributed by atoms with Crippen LogP contribution in [0.3, 0.4) is 0 Å². The van der Waals surface area contributed by atoms with Gasteiger partial charge in [0.15, 0.2) is 23.0 Å². The molecule has 2 aromatic rings. The van der Waals surface area contributed by atoms with Crippen molar-refractivity contribution in [3.63, 3.8) is 0 Å². The topological polar surface area (TPSA) is 80.9 Å². The molecule has 0 atom stereocenters. The summed E-state index contributed by atoms with van der Waals surface area (Å²) >= 11 is 0. The van der Waals surface area contributed by atoms with Gasteiger partial charge in [-0.2, -0.15) is 0 Å². The molecule has 31 heavy (non-hydrogen) atoms. The molecule has 0 radical (unpaired) electrons. The average molecular weight is 431 g/mol. The highest BCUT2D eigenvalue weighted by Gasteiger charge is 2.26. The maximum Gasteiger partial charge on any atom is 0.157 e. The molecule has 2 rings (SSSR count). The van der Waals surface area contributed by atoms with E-state index < -0.39 is 0 Å². The van der Waals surface area contributed by atoms with Crippen molar-refractivity contribution in [2.45, 2.75) is 64.2 Å². The zero-order valence-corrected chi connectivity index (χ0v) is 19.3. The van der Waals surface area contributed by atoms with Gasteiger partial charge in [0, 0.05) is 0 Å². The Morgan fingerprint density at radius 1 is 0.645 bits per heavy atom. The molecule has 0 saturated heterocycles. The van der Waals surface area contributed by atoms with E-state index in [2.05, 4.69) is 21.0 Å². The first-order chi connectivity index (χ1) is 14.7. The summed E-state index contributed by atoms with van der Waals surface area (Å²) in [6.45, 7) is 4.05. The zero-order chi connectivity index (χ0) is 22.9. The molecule has 0 fully saturated rings. The molecule has 172 valence electrons. The van der Waals surface area contributed by atoms with Gasteiger partial charge >= 0.3 is 0 Å². The molecule has 5 heteroatoms. The Balaban J connectivity index is 2.05. The van der Waals surface area contributed by atoms with E-state index >= 15 is 0 Å². The van der Waals surface area contributed by atoms with Crippen molar-refractivity contribution < 1.29 is 24.9 Å². The molecule has 0 heterocycles. The smallest absolute Gasteiger partial charge is 0.157 e. The number of unbranched alkanes of at least 4 members (excludes halogenated alkanes) is 7. The lowest BCUT2D eigenvalue weighted by Crippen LogP contribution is -2.43. The van der Waals surface area contributed by atoms with Crippen LogP contribution in [0.4, 0.5) is 0 Å². The van der Waals surface area contributed by atoms with Gasteiger partial charge in [-0.1, -0.05) is 57.6 Å². The molecule has 0 amide bonds. The van der Waals surface area contributed by atoms with Crippen molar-refractivity contribution in [2.24, 2.45) is 0 Å². The summed E-state index contributed by atoms with van der Waals surface area (Å²) < 4.78 is 0.795. The van der Waals surface area contributed by atoms with E-state index in [0.717, 1.165) is 35.1 Å². The second-order valence-electron chi connectivity index (χ2n) is 9.37. The van der Waals surface area contributed by atoms with Crippen LogP contribution in [0, 0.1) is 0 Å². The van der Waals surface area contributed by atoms with Crippen LogP contribution in [0.15, 0.2) is 36.4 Å². The molecule has 0 aliphatic rings. The lowest BCUT2D eigenvalue weighted by atomic mass is 9.89. The third-order valence-electron chi connectivity index (χ3n) is 6.10. The van der Waals surface area contributed by atoms with E-state index in [0.29, 0.717) is 0 Å². The third-order valence-corrected chi connectivity index (χ3v) is 6.10. The molecule has 0 unspecified atom stereocenters. The summed E-state index contributed by atoms with van der Waals surface area (Å²) in [4.78, 5) is 0. The van der Waals surface area contributed by atoms with Crippen LogP contribution in [0.2, 0.25) is 0 Å². The minimum absolute atomic E-state index is 0.0953. The van der Waals surface area contributed by atoms with Crippen LogP contribution in [0.5, 0.6) is 23.0 Å². The van der Waals surface area contributed by atoms with Gasteiger partial charge in [-0.25, -0.2) is 0 Å². The van der Waals surface area contributed by atoms with E-state index in [4.69, 9.17) is 0 Å². The highest BCUT2D eigenvalue weighted by Crippen LogP contribution is 2.36. The fourth-order valence-corrected chi connectivity index (χ4v) is 4.18. The SMILES string of the molecule is CCCCCCCCCC[N+](C)(C)CC(c1ccc(O)c(O)c1)c1ccc(O)c(O)c1. The monoisotopic (exact) mass is 430 g/mol. The Morgan fingerprint density at radius 2 is 1.10 bits per heavy atom. The van der Waals surface area contributed by atoms with Crippen molar-refractivity contribution in [2.75, 3.05) is 27.2 Å². The molecule has 2 aromatic carbocycles. The van der Waals surface area contributed by atoms with Gasteiger partial charge in [-0.3, -0.25) is 0 Å². The number of quaternary nitrogens is 1. The average Bonchev–Trinajstić information content (AvgIpc) is 2.72. The van der Waals surface area contributed by atoms with E-state index in [1.165, 1.54) is 57.1 Å². The number of nitrogens with zero attached hydrogens (tertiary/aromatic N) is 1. The fraction of sp³-hybridized carbons (Fsp3) is 0.538. The maximum atomic E-state index is 10.0. The van der Waals surface area contributed by atoms with E-state index in [-0.39, 0.29) is 28.9 Å². The summed E-state index contributed by atoms with van der Waals surface area (Å²) in [5.74, 6) is -0.702. The van der Waals surface area contributed by atoms with E-state index in [1.54, 1.807) is 24.3 Å². The Bertz CT molecular complexity index is 768. The number of hydrogen-bond acceptors (Lipinski definition) is 4. The van der Waals surface area contributed by atoms with Crippen LogP contribution in [0.25, 0.3) is 0 Å². The number of phenols is 4. The number of hydrogen-bond donors (Lipinski definition) is 4. The minimum Gasteiger partial charge on any atom is -0.504 e. The minimum atomic E-state index is -0.154. The Hall–Kier alpha value is -2.40. The lowest BCUT2D eigenvalue weighted by Gasteiger charge is -2.34. The predicted octanol–water partition coefficient (Wildman–Crippen LogP) is 5.86. The first-order valence-electron chi connectivity index (χ1n) is 11.6. The van der Waals surface area contributed by atoms with Gasteiger partial charge in [-0.05, 0) is 48.2 Å². The summed E-state index contributed by atoms with van der Waals surface area (Å²) in [5.41, 5.74) is 1.73. The Labute approximate surface area is 187 Å². The van der Waals surface area contributed by atoms with Gasteiger partial charge in [0.2, 0.25) is 0 Å². The number of phenolic OH excluding ortho intramolecular Hbond substituents is 4. The maximum absolute atomic E-state index is 10.0. The van der Waals surface area contributed by atoms with Gasteiger partial charge in [0.05, 0.1) is 33.1 Å². The highest BCUT2D eigenvalue weighted by atomic mass is 16.3. The quantitative estimate of drug-likeness (QED) is 0.182. The first-order valence-corrected chi connectivity index (χ1v) is 11.6. The molecule has 0 bridgehead atoms. The van der Waals surface area contributed by atoms with Crippen molar-refractivity contribution in [3.8, 4) is 23.0 Å². The van der Waals surface area contributed by atoms with Crippen molar-refractivity contribution in [3.05, 3.63) is 47.5 Å². The molecule has 0 aliphatic carbocycles. The normalized spacial score (nSPS) is 11.9. The van der Waals surface area contributed by atoms with Gasteiger partial charge in [0.25, 0.3) is 0 Å². The summed E-state index contributed by atoms with van der Waals surface area (Å²) in [5, 5.41) is 39.5. The lowest BCUT2D eigenvalue weighted by molar-refractivity contribution is -0.891. The van der Waals surface area contributed by atoms with Crippen LogP contribution in [0.1, 0.15) is 75.3 Å². The Kier molecular flexibility index (Phi) is 9.50. The number of rotatable bonds is 13. The molecule has 0 aliphatic heterocycles. The van der Waals surface area contributed by atoms with Crippen LogP contribution >= 0.6 is 0 Å². The molecule has 4 N–H and O–H groups in total. The van der Waals surface area contributed by atoms with Gasteiger partial charge in [0.1, 0.15) is 0 Å². The fourth-order valence-electron chi connectivity index (χ4n) is 4.18. The Morgan fingerprint density at radius 3 is 1.55 bits per heavy atom. The van der Waals surface area contributed by atoms with Crippen LogP contribution in [-0.2, 0) is 0 Å². The van der Waals surface area contributed by atoms with Crippen molar-refractivity contribution in [1.82, 2.24) is 0 Å². The summed E-state index contributed by atoms with van der Waals surface area (Å²) in [7, 11) is 4.41. The molecular weight excluding hydrogens is 390 g/mol. The van der Waals surface area contributed by atoms with Gasteiger partial charge in [-0.15, -0.1) is 0 Å². The van der Waals surface area contributed by atoms with E-state index in [9.17, 15) is 20.4 Å². The van der Waals surface area contributed by atoms with Crippen LogP contribution in [-0.4, -0.2) is 52.1 Å². The standard InChI is InChI=1S/C26H39NO4/c1-4-5-6-7-8-9-10-11-16-27(2,3)19-22(20-12-14-23(28)25(30)17-20)21-13-15-24(29)26(31)18-21/h12-15,17-18,22H,4-11,16,19H2,1-3H3,(H3-,28,29,30,31)/p+1. The summed E-state index contributed by atoms with van der Waals surface area (Å²) in [6.07, 6.45) is 10.3. The summed E-state index contributed by atoms with van der Waals surface area (Å²) in [6, 6.07) is 9.77. The molecule has 0 saturated carbocycles. The largest absolute Gasteiger partial charge is 0.504 e. The predicted molar refractivity (Wildman–Crippen MR) is 126 cm³/mol. The number of likely N-dealkylation sites (N-methyl/N-ethyl adjacent to an activating group) is 1. The van der Waals surface area contributed by atoms with Crippen molar-refractivity contribution >= 4 is 0 Å². The van der Waals surface area contributed by atoms with Crippen LogP contribution < -0.4 is 0 Å². The second-order valence-corrected chi connectivity index (χ2v) is 9.37. The zero-order valence-electron chi connectivity index (χ0n) is 19.3. The second kappa shape index (κ2) is 11.8. The molecular formula is C26H40NO4+. The molecule has 5 nitrogen and oxygen atoms in total. The van der Waals surface area contributed by atoms with Crippen molar-refractivity contribution in [1.29, 1.82) is 0 Å². The number of benzene rings is 2. The van der Waals surface area contributed by atoms with Gasteiger partial charge < -0.3 is 24.9 Å². The highest BCUT2D eigenvalue weighted by molar-refractivity contribution is 5.47. The third kappa shape index (κ3) is 7.98. The first kappa shape index (κ1) is 24.9. The van der Waals surface area contributed by atoms with E-state index in [1.807, 2.05) is 0 Å². The molecule has 0 aromatic heterocycles. The molecule has 0 spiro atoms.